The van der Waals surface area contributed by atoms with Gasteiger partial charge in [0.2, 0.25) is 0 Å². The van der Waals surface area contributed by atoms with Crippen LogP contribution in [0.2, 0.25) is 0 Å². The molecule has 2 fully saturated rings. The van der Waals surface area contributed by atoms with Crippen molar-refractivity contribution >= 4 is 0 Å². The van der Waals surface area contributed by atoms with Crippen molar-refractivity contribution in [2.24, 2.45) is 0 Å². The van der Waals surface area contributed by atoms with Crippen LogP contribution in [-0.4, -0.2) is 42.9 Å². The smallest absolute Gasteiger partial charge is 0.0648 e. The van der Waals surface area contributed by atoms with Crippen LogP contribution in [0.25, 0.3) is 0 Å². The molecule has 0 N–H and O–H groups in total. The maximum atomic E-state index is 5.89. The van der Waals surface area contributed by atoms with Gasteiger partial charge in [-0.3, -0.25) is 4.90 Å². The largest absolute Gasteiger partial charge is 0.378 e. The third-order valence-electron chi connectivity index (χ3n) is 4.53. The van der Waals surface area contributed by atoms with Crippen molar-refractivity contribution < 1.29 is 9.47 Å². The highest BCUT2D eigenvalue weighted by Gasteiger charge is 2.39. The fourth-order valence-electron chi connectivity index (χ4n) is 3.56. The average Bonchev–Trinajstić information content (AvgIpc) is 2.45. The number of morpholine rings is 1. The van der Waals surface area contributed by atoms with Gasteiger partial charge in [0.1, 0.15) is 0 Å². The molecule has 2 aliphatic rings. The van der Waals surface area contributed by atoms with E-state index >= 15 is 0 Å². The Morgan fingerprint density at radius 1 is 1.33 bits per heavy atom. The first-order valence-corrected chi connectivity index (χ1v) is 7.88. The Bertz CT molecular complexity index is 474. The van der Waals surface area contributed by atoms with Gasteiger partial charge in [-0.15, -0.1) is 6.58 Å². The van der Waals surface area contributed by atoms with E-state index in [2.05, 4.69) is 42.7 Å². The molecule has 1 aromatic rings. The molecular formula is C18H25NO2. The van der Waals surface area contributed by atoms with Crippen molar-refractivity contribution in [1.29, 1.82) is 0 Å². The van der Waals surface area contributed by atoms with Crippen molar-refractivity contribution in [2.45, 2.75) is 44.5 Å². The van der Waals surface area contributed by atoms with Gasteiger partial charge in [-0.25, -0.2) is 0 Å². The lowest BCUT2D eigenvalue weighted by atomic mass is 9.91. The second-order valence-electron chi connectivity index (χ2n) is 6.22. The molecule has 0 amide bonds. The van der Waals surface area contributed by atoms with Crippen molar-refractivity contribution in [1.82, 2.24) is 4.90 Å². The van der Waals surface area contributed by atoms with Crippen LogP contribution in [0.4, 0.5) is 0 Å². The van der Waals surface area contributed by atoms with E-state index in [-0.39, 0.29) is 0 Å². The predicted octanol–water partition coefficient (Wildman–Crippen LogP) is 2.93. The Labute approximate surface area is 127 Å². The number of nitrogens with zero attached hydrogens (tertiary/aromatic N) is 1. The lowest BCUT2D eigenvalue weighted by Gasteiger charge is -2.48. The zero-order chi connectivity index (χ0) is 14.7. The zero-order valence-electron chi connectivity index (χ0n) is 12.8. The molecule has 3 rings (SSSR count). The van der Waals surface area contributed by atoms with Crippen molar-refractivity contribution in [3.63, 3.8) is 0 Å². The Kier molecular flexibility index (Phi) is 4.73. The summed E-state index contributed by atoms with van der Waals surface area (Å²) in [4.78, 5) is 2.62. The molecule has 1 aromatic carbocycles. The summed E-state index contributed by atoms with van der Waals surface area (Å²) in [6.07, 6.45) is 4.33. The monoisotopic (exact) mass is 287 g/mol. The molecule has 0 spiro atoms. The van der Waals surface area contributed by atoms with Crippen LogP contribution >= 0.6 is 0 Å². The van der Waals surface area contributed by atoms with Crippen LogP contribution in [0.3, 0.4) is 0 Å². The number of aryl methyl sites for hydroxylation is 1. The van der Waals surface area contributed by atoms with Gasteiger partial charge < -0.3 is 9.47 Å². The van der Waals surface area contributed by atoms with Gasteiger partial charge in [0.25, 0.3) is 0 Å². The van der Waals surface area contributed by atoms with E-state index in [0.29, 0.717) is 24.8 Å². The van der Waals surface area contributed by atoms with Crippen LogP contribution in [0.15, 0.2) is 36.9 Å². The molecule has 2 heterocycles. The van der Waals surface area contributed by atoms with Gasteiger partial charge in [-0.1, -0.05) is 35.9 Å². The van der Waals surface area contributed by atoms with Crippen molar-refractivity contribution in [3.8, 4) is 0 Å². The second-order valence-corrected chi connectivity index (χ2v) is 6.22. The van der Waals surface area contributed by atoms with Gasteiger partial charge in [0.15, 0.2) is 0 Å². The first-order valence-electron chi connectivity index (χ1n) is 7.88. The lowest BCUT2D eigenvalue weighted by Crippen LogP contribution is -2.57. The summed E-state index contributed by atoms with van der Waals surface area (Å²) in [5.41, 5.74) is 2.73. The molecule has 2 bridgehead atoms. The van der Waals surface area contributed by atoms with E-state index in [1.807, 2.05) is 6.08 Å². The molecular weight excluding hydrogens is 262 g/mol. The molecule has 2 aliphatic heterocycles. The van der Waals surface area contributed by atoms with Crippen molar-refractivity contribution in [3.05, 3.63) is 48.0 Å². The van der Waals surface area contributed by atoms with Crippen LogP contribution in [0.5, 0.6) is 0 Å². The number of piperidine rings is 1. The quantitative estimate of drug-likeness (QED) is 0.777. The molecule has 114 valence electrons. The highest BCUT2D eigenvalue weighted by atomic mass is 16.5. The number of hydrogen-bond donors (Lipinski definition) is 0. The molecule has 3 heteroatoms. The lowest BCUT2D eigenvalue weighted by molar-refractivity contribution is -0.119. The Balaban J connectivity index is 1.67. The molecule has 0 aromatic heterocycles. The molecule has 21 heavy (non-hydrogen) atoms. The number of fused-ring (bicyclic) bond motifs is 2. The molecule has 3 atom stereocenters. The molecule has 0 radical (unpaired) electrons. The minimum Gasteiger partial charge on any atom is -0.378 e. The van der Waals surface area contributed by atoms with Gasteiger partial charge in [-0.05, 0) is 25.3 Å². The van der Waals surface area contributed by atoms with E-state index in [0.717, 1.165) is 32.6 Å². The third kappa shape index (κ3) is 3.54. The summed E-state index contributed by atoms with van der Waals surface area (Å²) >= 11 is 0. The van der Waals surface area contributed by atoms with Crippen molar-refractivity contribution in [2.75, 3.05) is 19.8 Å². The highest BCUT2D eigenvalue weighted by Crippen LogP contribution is 2.31. The first-order chi connectivity index (χ1) is 10.3. The molecule has 0 saturated carbocycles. The number of ether oxygens (including phenoxy) is 2. The van der Waals surface area contributed by atoms with E-state index in [1.165, 1.54) is 11.1 Å². The normalized spacial score (nSPS) is 29.3. The number of hydrogen-bond acceptors (Lipinski definition) is 3. The summed E-state index contributed by atoms with van der Waals surface area (Å²) in [5.74, 6) is 0. The van der Waals surface area contributed by atoms with E-state index in [4.69, 9.17) is 9.47 Å². The summed E-state index contributed by atoms with van der Waals surface area (Å²) < 4.78 is 11.6. The number of rotatable bonds is 5. The standard InChI is InChI=1S/C18H25NO2/c1-3-7-21-18-9-16-12-20-13-17(10-18)19(16)11-15-6-4-5-14(2)8-15/h3-6,8,16-18H,1,7,9-13H2,2H3/t16-,17+,18?. The number of benzene rings is 1. The SMILES string of the molecule is C=CCOC1C[C@H]2COC[C@@H](C1)N2Cc1cccc(C)c1. The van der Waals surface area contributed by atoms with Gasteiger partial charge in [-0.2, -0.15) is 0 Å². The minimum atomic E-state index is 0.357. The van der Waals surface area contributed by atoms with Gasteiger partial charge in [0.05, 0.1) is 25.9 Å². The average molecular weight is 287 g/mol. The van der Waals surface area contributed by atoms with E-state index in [1.54, 1.807) is 0 Å². The van der Waals surface area contributed by atoms with Crippen LogP contribution < -0.4 is 0 Å². The third-order valence-corrected chi connectivity index (χ3v) is 4.53. The van der Waals surface area contributed by atoms with Crippen LogP contribution in [0, 0.1) is 6.92 Å². The fourth-order valence-corrected chi connectivity index (χ4v) is 3.56. The second kappa shape index (κ2) is 6.73. The summed E-state index contributed by atoms with van der Waals surface area (Å²) in [6, 6.07) is 9.78. The Morgan fingerprint density at radius 2 is 2.10 bits per heavy atom. The summed E-state index contributed by atoms with van der Waals surface area (Å²) in [7, 11) is 0. The topological polar surface area (TPSA) is 21.7 Å². The Morgan fingerprint density at radius 3 is 2.76 bits per heavy atom. The molecule has 2 saturated heterocycles. The van der Waals surface area contributed by atoms with Crippen LogP contribution in [-0.2, 0) is 16.0 Å². The zero-order valence-corrected chi connectivity index (χ0v) is 12.8. The highest BCUT2D eigenvalue weighted by molar-refractivity contribution is 5.22. The Hall–Kier alpha value is -1.16. The molecule has 0 aliphatic carbocycles. The molecule has 3 nitrogen and oxygen atoms in total. The maximum absolute atomic E-state index is 5.89. The summed E-state index contributed by atoms with van der Waals surface area (Å²) in [6.45, 7) is 9.23. The predicted molar refractivity (Wildman–Crippen MR) is 84.3 cm³/mol. The van der Waals surface area contributed by atoms with Crippen LogP contribution in [0.1, 0.15) is 24.0 Å². The fraction of sp³-hybridized carbons (Fsp3) is 0.556. The van der Waals surface area contributed by atoms with E-state index < -0.39 is 0 Å². The maximum Gasteiger partial charge on any atom is 0.0648 e. The summed E-state index contributed by atoms with van der Waals surface area (Å²) in [5, 5.41) is 0. The van der Waals surface area contributed by atoms with Gasteiger partial charge >= 0.3 is 0 Å². The van der Waals surface area contributed by atoms with E-state index in [9.17, 15) is 0 Å². The van der Waals surface area contributed by atoms with Gasteiger partial charge in [0, 0.05) is 18.6 Å². The first kappa shape index (κ1) is 14.8. The minimum absolute atomic E-state index is 0.357. The molecule has 1 unspecified atom stereocenters.